The van der Waals surface area contributed by atoms with Gasteiger partial charge in [0.05, 0.1) is 11.2 Å². The van der Waals surface area contributed by atoms with Gasteiger partial charge in [-0.05, 0) is 0 Å². The summed E-state index contributed by atoms with van der Waals surface area (Å²) in [4.78, 5) is 16.7. The van der Waals surface area contributed by atoms with Crippen LogP contribution in [0.3, 0.4) is 0 Å². The van der Waals surface area contributed by atoms with E-state index < -0.39 is 5.38 Å². The van der Waals surface area contributed by atoms with E-state index in [1.165, 1.54) is 16.2 Å². The summed E-state index contributed by atoms with van der Waals surface area (Å²) in [6.45, 7) is 0. The lowest BCUT2D eigenvalue weighted by molar-refractivity contribution is -0.128. The molecule has 0 radical (unpaired) electrons. The fourth-order valence-corrected chi connectivity index (χ4v) is 1.67. The zero-order valence-corrected chi connectivity index (χ0v) is 8.39. The van der Waals surface area contributed by atoms with Crippen molar-refractivity contribution in [3.05, 3.63) is 16.6 Å². The van der Waals surface area contributed by atoms with Gasteiger partial charge in [-0.3, -0.25) is 4.79 Å². The van der Waals surface area contributed by atoms with Crippen LogP contribution in [-0.2, 0) is 4.79 Å². The molecule has 0 bridgehead atoms. The third kappa shape index (κ3) is 1.95. The third-order valence-corrected chi connectivity index (χ3v) is 2.38. The Balaban J connectivity index is 2.72. The molecule has 0 aliphatic rings. The summed E-state index contributed by atoms with van der Waals surface area (Å²) in [6, 6.07) is 0. The molecule has 0 aromatic carbocycles. The lowest BCUT2D eigenvalue weighted by atomic mass is 10.3. The molecular formula is C7H9ClN2OS. The van der Waals surface area contributed by atoms with Gasteiger partial charge in [0, 0.05) is 19.5 Å². The minimum Gasteiger partial charge on any atom is -0.347 e. The van der Waals surface area contributed by atoms with Crippen molar-refractivity contribution >= 4 is 28.8 Å². The lowest BCUT2D eigenvalue weighted by Gasteiger charge is -2.12. The van der Waals surface area contributed by atoms with Crippen LogP contribution in [-0.4, -0.2) is 29.9 Å². The topological polar surface area (TPSA) is 33.2 Å². The quantitative estimate of drug-likeness (QED) is 0.685. The van der Waals surface area contributed by atoms with Crippen LogP contribution in [0.15, 0.2) is 10.9 Å². The first kappa shape index (κ1) is 9.48. The number of aromatic nitrogens is 1. The molecule has 0 fully saturated rings. The van der Waals surface area contributed by atoms with Gasteiger partial charge < -0.3 is 4.90 Å². The molecule has 0 saturated carbocycles. The van der Waals surface area contributed by atoms with E-state index in [0.717, 1.165) is 0 Å². The molecule has 5 heteroatoms. The number of alkyl halides is 1. The Labute approximate surface area is 80.0 Å². The molecule has 1 atom stereocenters. The predicted octanol–water partition coefficient (Wildman–Crippen LogP) is 1.51. The summed E-state index contributed by atoms with van der Waals surface area (Å²) >= 11 is 7.28. The number of rotatable bonds is 2. The number of hydrogen-bond acceptors (Lipinski definition) is 3. The van der Waals surface area contributed by atoms with Crippen LogP contribution in [0.1, 0.15) is 11.1 Å². The van der Waals surface area contributed by atoms with Gasteiger partial charge in [0.15, 0.2) is 5.38 Å². The fourth-order valence-electron chi connectivity index (χ4n) is 0.700. The van der Waals surface area contributed by atoms with E-state index in [9.17, 15) is 4.79 Å². The van der Waals surface area contributed by atoms with E-state index in [2.05, 4.69) is 4.98 Å². The summed E-state index contributed by atoms with van der Waals surface area (Å²) in [5.41, 5.74) is 2.29. The highest BCUT2D eigenvalue weighted by Crippen LogP contribution is 2.21. The van der Waals surface area contributed by atoms with E-state index in [1.807, 2.05) is 0 Å². The number of carbonyl (C=O) groups excluding carboxylic acids is 1. The van der Waals surface area contributed by atoms with Crippen LogP contribution in [0, 0.1) is 0 Å². The summed E-state index contributed by atoms with van der Waals surface area (Å²) < 4.78 is 0. The van der Waals surface area contributed by atoms with Gasteiger partial charge in [0.25, 0.3) is 0 Å². The monoisotopic (exact) mass is 204 g/mol. The summed E-state index contributed by atoms with van der Waals surface area (Å²) in [5, 5.41) is 1.13. The first-order valence-corrected chi connectivity index (χ1v) is 4.74. The zero-order valence-electron chi connectivity index (χ0n) is 6.82. The second-order valence-electron chi connectivity index (χ2n) is 2.51. The maximum absolute atomic E-state index is 11.3. The molecule has 0 N–H and O–H groups in total. The molecule has 0 saturated heterocycles. The lowest BCUT2D eigenvalue weighted by Crippen LogP contribution is -2.25. The molecule has 12 heavy (non-hydrogen) atoms. The van der Waals surface area contributed by atoms with Crippen LogP contribution in [0.25, 0.3) is 0 Å². The van der Waals surface area contributed by atoms with Crippen LogP contribution in [0.4, 0.5) is 0 Å². The molecule has 1 aromatic heterocycles. The Bertz CT molecular complexity index is 260. The van der Waals surface area contributed by atoms with E-state index in [0.29, 0.717) is 5.69 Å². The highest BCUT2D eigenvalue weighted by atomic mass is 35.5. The van der Waals surface area contributed by atoms with Crippen molar-refractivity contribution in [3.8, 4) is 0 Å². The molecule has 66 valence electrons. The highest BCUT2D eigenvalue weighted by molar-refractivity contribution is 7.07. The van der Waals surface area contributed by atoms with E-state index in [1.54, 1.807) is 25.0 Å². The summed E-state index contributed by atoms with van der Waals surface area (Å²) in [5.74, 6) is -0.137. The number of nitrogens with zero attached hydrogens (tertiary/aromatic N) is 2. The highest BCUT2D eigenvalue weighted by Gasteiger charge is 2.20. The standard InChI is InChI=1S/C7H9ClN2OS/c1-10(2)7(11)6(8)5-3-12-4-9-5/h3-4,6H,1-2H3. The maximum Gasteiger partial charge on any atom is 0.246 e. The molecule has 0 spiro atoms. The maximum atomic E-state index is 11.3. The molecule has 1 amide bonds. The molecule has 1 rings (SSSR count). The number of halogens is 1. The smallest absolute Gasteiger partial charge is 0.246 e. The van der Waals surface area contributed by atoms with Crippen molar-refractivity contribution in [1.82, 2.24) is 9.88 Å². The van der Waals surface area contributed by atoms with Crippen LogP contribution in [0.5, 0.6) is 0 Å². The largest absolute Gasteiger partial charge is 0.347 e. The predicted molar refractivity (Wildman–Crippen MR) is 49.4 cm³/mol. The molecular weight excluding hydrogens is 196 g/mol. The average molecular weight is 205 g/mol. The first-order valence-electron chi connectivity index (χ1n) is 3.36. The minimum absolute atomic E-state index is 0.137. The number of amides is 1. The molecule has 1 aromatic rings. The number of thiazole rings is 1. The van der Waals surface area contributed by atoms with Crippen LogP contribution in [0.2, 0.25) is 0 Å². The van der Waals surface area contributed by atoms with Gasteiger partial charge in [-0.2, -0.15) is 0 Å². The Morgan fingerprint density at radius 1 is 1.75 bits per heavy atom. The second kappa shape index (κ2) is 3.87. The number of likely N-dealkylation sites (N-methyl/N-ethyl adjacent to an activating group) is 1. The van der Waals surface area contributed by atoms with Crippen molar-refractivity contribution in [1.29, 1.82) is 0 Å². The van der Waals surface area contributed by atoms with Crippen molar-refractivity contribution in [2.45, 2.75) is 5.38 Å². The fraction of sp³-hybridized carbons (Fsp3) is 0.429. The van der Waals surface area contributed by atoms with Crippen LogP contribution >= 0.6 is 22.9 Å². The van der Waals surface area contributed by atoms with Gasteiger partial charge in [-0.1, -0.05) is 0 Å². The summed E-state index contributed by atoms with van der Waals surface area (Å²) in [7, 11) is 3.34. The zero-order chi connectivity index (χ0) is 9.14. The molecule has 3 nitrogen and oxygen atoms in total. The summed E-state index contributed by atoms with van der Waals surface area (Å²) in [6.07, 6.45) is 0. The Hall–Kier alpha value is -0.610. The van der Waals surface area contributed by atoms with E-state index in [4.69, 9.17) is 11.6 Å². The average Bonchev–Trinajstić information content (AvgIpc) is 2.53. The second-order valence-corrected chi connectivity index (χ2v) is 3.66. The number of carbonyl (C=O) groups is 1. The Kier molecular flexibility index (Phi) is 3.05. The van der Waals surface area contributed by atoms with Gasteiger partial charge in [-0.15, -0.1) is 22.9 Å². The Morgan fingerprint density at radius 2 is 2.42 bits per heavy atom. The molecule has 1 unspecified atom stereocenters. The first-order chi connectivity index (χ1) is 5.63. The van der Waals surface area contributed by atoms with E-state index in [-0.39, 0.29) is 5.91 Å². The molecule has 0 aliphatic carbocycles. The molecule has 0 aliphatic heterocycles. The normalized spacial score (nSPS) is 12.6. The van der Waals surface area contributed by atoms with Crippen molar-refractivity contribution < 1.29 is 4.79 Å². The van der Waals surface area contributed by atoms with Gasteiger partial charge >= 0.3 is 0 Å². The number of hydrogen-bond donors (Lipinski definition) is 0. The minimum atomic E-state index is -0.647. The van der Waals surface area contributed by atoms with Crippen molar-refractivity contribution in [3.63, 3.8) is 0 Å². The van der Waals surface area contributed by atoms with Gasteiger partial charge in [0.2, 0.25) is 5.91 Å². The SMILES string of the molecule is CN(C)C(=O)C(Cl)c1cscn1. The van der Waals surface area contributed by atoms with Crippen LogP contribution < -0.4 is 0 Å². The van der Waals surface area contributed by atoms with Crippen molar-refractivity contribution in [2.24, 2.45) is 0 Å². The van der Waals surface area contributed by atoms with Gasteiger partial charge in [-0.25, -0.2) is 4.98 Å². The van der Waals surface area contributed by atoms with E-state index >= 15 is 0 Å². The van der Waals surface area contributed by atoms with Gasteiger partial charge in [0.1, 0.15) is 0 Å². The third-order valence-electron chi connectivity index (χ3n) is 1.37. The van der Waals surface area contributed by atoms with Crippen molar-refractivity contribution in [2.75, 3.05) is 14.1 Å². The molecule has 1 heterocycles. The Morgan fingerprint density at radius 3 is 2.83 bits per heavy atom.